The van der Waals surface area contributed by atoms with Crippen LogP contribution >= 0.6 is 0 Å². The number of carbonyl (C=O) groups is 2. The Morgan fingerprint density at radius 3 is 2.61 bits per heavy atom. The lowest BCUT2D eigenvalue weighted by Crippen LogP contribution is -2.30. The molecule has 0 fully saturated rings. The summed E-state index contributed by atoms with van der Waals surface area (Å²) >= 11 is 0. The van der Waals surface area contributed by atoms with Gasteiger partial charge in [0, 0.05) is 7.05 Å². The molecular weight excluding hydrogens is 234 g/mol. The number of benzene rings is 1. The zero-order valence-electron chi connectivity index (χ0n) is 10.5. The first-order valence-corrected chi connectivity index (χ1v) is 5.59. The number of carbonyl (C=O) groups excluding carboxylic acids is 2. The zero-order chi connectivity index (χ0) is 13.4. The Hall–Kier alpha value is -1.72. The molecule has 5 heteroatoms. The van der Waals surface area contributed by atoms with E-state index in [4.69, 9.17) is 9.57 Å². The topological polar surface area (TPSA) is 55.8 Å². The first-order valence-electron chi connectivity index (χ1n) is 5.59. The maximum atomic E-state index is 11.5. The van der Waals surface area contributed by atoms with Crippen LogP contribution in [0.25, 0.3) is 0 Å². The average molecular weight is 251 g/mol. The highest BCUT2D eigenvalue weighted by Crippen LogP contribution is 2.06. The second-order valence-electron chi connectivity index (χ2n) is 3.75. The Balaban J connectivity index is 2.43. The number of amides is 1. The van der Waals surface area contributed by atoms with Gasteiger partial charge in [-0.1, -0.05) is 30.3 Å². The van der Waals surface area contributed by atoms with Gasteiger partial charge < -0.3 is 9.53 Å². The summed E-state index contributed by atoms with van der Waals surface area (Å²) < 4.78 is 5.37. The molecule has 1 aromatic rings. The van der Waals surface area contributed by atoms with Crippen LogP contribution in [0, 0.1) is 0 Å². The Labute approximate surface area is 106 Å². The van der Waals surface area contributed by atoms with Crippen molar-refractivity contribution in [3.63, 3.8) is 0 Å². The average Bonchev–Trinajstić information content (AvgIpc) is 2.43. The third-order valence-corrected chi connectivity index (χ3v) is 2.46. The molecule has 5 nitrogen and oxygen atoms in total. The van der Waals surface area contributed by atoms with Gasteiger partial charge in [0.15, 0.2) is 0 Å². The minimum atomic E-state index is -0.754. The molecule has 0 unspecified atom stereocenters. The largest absolute Gasteiger partial charge is 0.366 e. The molecule has 0 aromatic heterocycles. The minimum Gasteiger partial charge on any atom is -0.366 e. The van der Waals surface area contributed by atoms with Crippen LogP contribution in [0.5, 0.6) is 0 Å². The second-order valence-corrected chi connectivity index (χ2v) is 3.75. The number of ether oxygens (including phenoxy) is 1. The Kier molecular flexibility index (Phi) is 6.04. The summed E-state index contributed by atoms with van der Waals surface area (Å²) in [6.45, 7) is 0.300. The van der Waals surface area contributed by atoms with Crippen molar-refractivity contribution in [1.82, 2.24) is 5.06 Å². The van der Waals surface area contributed by atoms with Crippen molar-refractivity contribution in [1.29, 1.82) is 0 Å². The standard InChI is InChI=1S/C13H17NO4/c1-14(17-2)13(16)8-12(9-15)18-10-11-6-4-3-5-7-11/h3-7,9,12H,8,10H2,1-2H3/t12-/m0/s1. The van der Waals surface area contributed by atoms with Crippen molar-refractivity contribution >= 4 is 12.2 Å². The van der Waals surface area contributed by atoms with Crippen molar-refractivity contribution in [2.75, 3.05) is 14.2 Å². The van der Waals surface area contributed by atoms with Crippen LogP contribution in [0.3, 0.4) is 0 Å². The lowest BCUT2D eigenvalue weighted by Gasteiger charge is -2.16. The molecule has 0 saturated heterocycles. The summed E-state index contributed by atoms with van der Waals surface area (Å²) in [5.74, 6) is -0.303. The molecule has 1 aromatic carbocycles. The van der Waals surface area contributed by atoms with Crippen molar-refractivity contribution in [3.8, 4) is 0 Å². The molecule has 0 radical (unpaired) electrons. The molecule has 18 heavy (non-hydrogen) atoms. The van der Waals surface area contributed by atoms with Crippen LogP contribution < -0.4 is 0 Å². The van der Waals surface area contributed by atoms with Gasteiger partial charge in [-0.2, -0.15) is 0 Å². The van der Waals surface area contributed by atoms with Crippen LogP contribution in [-0.4, -0.2) is 37.5 Å². The normalized spacial score (nSPS) is 11.9. The fraction of sp³-hybridized carbons (Fsp3) is 0.385. The first-order chi connectivity index (χ1) is 8.67. The number of hydrogen-bond acceptors (Lipinski definition) is 4. The van der Waals surface area contributed by atoms with Crippen molar-refractivity contribution in [2.45, 2.75) is 19.1 Å². The van der Waals surface area contributed by atoms with Crippen molar-refractivity contribution in [3.05, 3.63) is 35.9 Å². The summed E-state index contributed by atoms with van der Waals surface area (Å²) in [4.78, 5) is 27.1. The molecule has 0 heterocycles. The number of rotatable bonds is 7. The van der Waals surface area contributed by atoms with Crippen molar-refractivity contribution in [2.24, 2.45) is 0 Å². The maximum Gasteiger partial charge on any atom is 0.248 e. The third-order valence-electron chi connectivity index (χ3n) is 2.46. The first kappa shape index (κ1) is 14.3. The molecular formula is C13H17NO4. The highest BCUT2D eigenvalue weighted by Gasteiger charge is 2.16. The van der Waals surface area contributed by atoms with E-state index in [2.05, 4.69) is 0 Å². The molecule has 98 valence electrons. The highest BCUT2D eigenvalue weighted by molar-refractivity contribution is 5.78. The predicted octanol–water partition coefficient (Wildman–Crippen LogP) is 1.18. The Bertz CT molecular complexity index is 380. The van der Waals surface area contributed by atoms with Crippen molar-refractivity contribution < 1.29 is 19.2 Å². The van der Waals surface area contributed by atoms with Crippen LogP contribution in [0.1, 0.15) is 12.0 Å². The fourth-order valence-corrected chi connectivity index (χ4v) is 1.33. The smallest absolute Gasteiger partial charge is 0.248 e. The second kappa shape index (κ2) is 7.58. The summed E-state index contributed by atoms with van der Waals surface area (Å²) in [6.07, 6.45) is -0.152. The van der Waals surface area contributed by atoms with E-state index in [0.717, 1.165) is 10.6 Å². The molecule has 0 aliphatic rings. The summed E-state index contributed by atoms with van der Waals surface area (Å²) in [6, 6.07) is 9.46. The molecule has 1 amide bonds. The van der Waals surface area contributed by atoms with Gasteiger partial charge in [0.1, 0.15) is 12.4 Å². The third kappa shape index (κ3) is 4.65. The van der Waals surface area contributed by atoms with Crippen LogP contribution in [0.2, 0.25) is 0 Å². The van der Waals surface area contributed by atoms with Gasteiger partial charge in [0.2, 0.25) is 5.91 Å². The van der Waals surface area contributed by atoms with E-state index >= 15 is 0 Å². The number of aldehydes is 1. The van der Waals surface area contributed by atoms with E-state index in [-0.39, 0.29) is 12.3 Å². The summed E-state index contributed by atoms with van der Waals surface area (Å²) in [5, 5.41) is 1.07. The van der Waals surface area contributed by atoms with E-state index in [1.165, 1.54) is 14.2 Å². The maximum absolute atomic E-state index is 11.5. The molecule has 0 aliphatic carbocycles. The summed E-state index contributed by atoms with van der Waals surface area (Å²) in [7, 11) is 2.88. The van der Waals surface area contributed by atoms with Gasteiger partial charge in [-0.3, -0.25) is 9.63 Å². The minimum absolute atomic E-state index is 0.0271. The van der Waals surface area contributed by atoms with Gasteiger partial charge in [-0.05, 0) is 5.56 Å². The van der Waals surface area contributed by atoms with Crippen LogP contribution in [-0.2, 0) is 25.8 Å². The van der Waals surface area contributed by atoms with Crippen LogP contribution in [0.4, 0.5) is 0 Å². The van der Waals surface area contributed by atoms with Crippen LogP contribution in [0.15, 0.2) is 30.3 Å². The number of nitrogens with zero attached hydrogens (tertiary/aromatic N) is 1. The van der Waals surface area contributed by atoms with Gasteiger partial charge >= 0.3 is 0 Å². The van der Waals surface area contributed by atoms with E-state index < -0.39 is 6.10 Å². The molecule has 1 atom stereocenters. The highest BCUT2D eigenvalue weighted by atomic mass is 16.7. The monoisotopic (exact) mass is 251 g/mol. The lowest BCUT2D eigenvalue weighted by atomic mass is 10.2. The molecule has 0 spiro atoms. The van der Waals surface area contributed by atoms with Gasteiger partial charge in [0.05, 0.1) is 20.1 Å². The van der Waals surface area contributed by atoms with E-state index in [9.17, 15) is 9.59 Å². The van der Waals surface area contributed by atoms with Gasteiger partial charge in [-0.15, -0.1) is 0 Å². The zero-order valence-corrected chi connectivity index (χ0v) is 10.5. The van der Waals surface area contributed by atoms with E-state index in [1.807, 2.05) is 30.3 Å². The molecule has 1 rings (SSSR count). The predicted molar refractivity (Wildman–Crippen MR) is 65.5 cm³/mol. The fourth-order valence-electron chi connectivity index (χ4n) is 1.33. The Morgan fingerprint density at radius 2 is 2.06 bits per heavy atom. The number of hydrogen-bond donors (Lipinski definition) is 0. The lowest BCUT2D eigenvalue weighted by molar-refractivity contribution is -0.172. The molecule has 0 saturated carbocycles. The Morgan fingerprint density at radius 1 is 1.39 bits per heavy atom. The van der Waals surface area contributed by atoms with E-state index in [0.29, 0.717) is 12.9 Å². The quantitative estimate of drug-likeness (QED) is 0.539. The molecule has 0 N–H and O–H groups in total. The molecule has 0 bridgehead atoms. The molecule has 0 aliphatic heterocycles. The van der Waals surface area contributed by atoms with E-state index in [1.54, 1.807) is 0 Å². The van der Waals surface area contributed by atoms with Gasteiger partial charge in [0.25, 0.3) is 0 Å². The van der Waals surface area contributed by atoms with Gasteiger partial charge in [-0.25, -0.2) is 5.06 Å². The number of hydroxylamine groups is 2. The summed E-state index contributed by atoms with van der Waals surface area (Å²) in [5.41, 5.74) is 0.955. The SMILES string of the molecule is CON(C)C(=O)C[C@@H](C=O)OCc1ccccc1.